The predicted molar refractivity (Wildman–Crippen MR) is 47.6 cm³/mol. The maximum atomic E-state index is 11.1. The zero-order chi connectivity index (χ0) is 10.3. The Balaban J connectivity index is 2.82. The van der Waals surface area contributed by atoms with Crippen LogP contribution in [0.4, 0.5) is 0 Å². The van der Waals surface area contributed by atoms with Crippen LogP contribution in [0.5, 0.6) is 0 Å². The van der Waals surface area contributed by atoms with Crippen LogP contribution in [0.1, 0.15) is 0 Å². The van der Waals surface area contributed by atoms with E-state index in [1.807, 2.05) is 0 Å². The Morgan fingerprint density at radius 1 is 1.36 bits per heavy atom. The highest BCUT2D eigenvalue weighted by atomic mass is 32.2. The monoisotopic (exact) mass is 214 g/mol. The molecule has 0 radical (unpaired) electrons. The van der Waals surface area contributed by atoms with Gasteiger partial charge in [-0.2, -0.15) is 4.98 Å². The number of H-pyrrole nitrogens is 2. The first kappa shape index (κ1) is 8.88. The summed E-state index contributed by atoms with van der Waals surface area (Å²) in [4.78, 5) is 18.3. The van der Waals surface area contributed by atoms with E-state index in [0.29, 0.717) is 0 Å². The van der Waals surface area contributed by atoms with Crippen molar-refractivity contribution in [1.82, 2.24) is 20.2 Å². The molecule has 0 amide bonds. The van der Waals surface area contributed by atoms with Crippen LogP contribution < -0.4 is 5.56 Å². The van der Waals surface area contributed by atoms with Crippen molar-refractivity contribution < 1.29 is 8.42 Å². The van der Waals surface area contributed by atoms with Crippen LogP contribution >= 0.6 is 0 Å². The number of aromatic amines is 2. The zero-order valence-corrected chi connectivity index (χ0v) is 7.92. The summed E-state index contributed by atoms with van der Waals surface area (Å²) in [5.41, 5.74) is -0.189. The summed E-state index contributed by atoms with van der Waals surface area (Å²) in [5, 5.41) is 4.65. The van der Waals surface area contributed by atoms with Crippen molar-refractivity contribution >= 4 is 20.9 Å². The van der Waals surface area contributed by atoms with Crippen LogP contribution in [0.25, 0.3) is 11.0 Å². The molecule has 2 aromatic rings. The maximum Gasteiger partial charge on any atom is 0.275 e. The summed E-state index contributed by atoms with van der Waals surface area (Å²) in [7, 11) is -3.44. The SMILES string of the molecule is CS(=O)(=O)c1ncc2c(=O)[nH][nH]c2n1. The quantitative estimate of drug-likeness (QED) is 0.595. The second-order valence-electron chi connectivity index (χ2n) is 2.77. The second-order valence-corrected chi connectivity index (χ2v) is 4.68. The van der Waals surface area contributed by atoms with Crippen LogP contribution in [0, 0.1) is 0 Å². The summed E-state index contributed by atoms with van der Waals surface area (Å²) in [6.07, 6.45) is 2.17. The molecule has 0 saturated carbocycles. The van der Waals surface area contributed by atoms with Gasteiger partial charge < -0.3 is 0 Å². The van der Waals surface area contributed by atoms with Crippen molar-refractivity contribution in [2.45, 2.75) is 5.16 Å². The van der Waals surface area contributed by atoms with E-state index < -0.39 is 9.84 Å². The van der Waals surface area contributed by atoms with Gasteiger partial charge in [-0.15, -0.1) is 0 Å². The highest BCUT2D eigenvalue weighted by molar-refractivity contribution is 7.90. The third-order valence-corrected chi connectivity index (χ3v) is 2.50. The van der Waals surface area contributed by atoms with E-state index in [1.54, 1.807) is 0 Å². The van der Waals surface area contributed by atoms with Crippen molar-refractivity contribution in [3.63, 3.8) is 0 Å². The van der Waals surface area contributed by atoms with E-state index in [9.17, 15) is 13.2 Å². The Labute approximate surface area is 78.1 Å². The van der Waals surface area contributed by atoms with Gasteiger partial charge in [-0.25, -0.2) is 13.4 Å². The molecule has 0 aliphatic carbocycles. The standard InChI is InChI=1S/C6H6N4O3S/c1-14(12,13)6-7-2-3-4(8-6)9-10-5(3)11/h2H,1H3,(H2,7,8,9,10,11). The number of sulfone groups is 1. The molecular weight excluding hydrogens is 208 g/mol. The van der Waals surface area contributed by atoms with Crippen LogP contribution in [0.3, 0.4) is 0 Å². The molecule has 2 heterocycles. The van der Waals surface area contributed by atoms with E-state index in [2.05, 4.69) is 20.2 Å². The summed E-state index contributed by atoms with van der Waals surface area (Å²) >= 11 is 0. The minimum absolute atomic E-state index is 0.186. The second kappa shape index (κ2) is 2.64. The van der Waals surface area contributed by atoms with E-state index in [-0.39, 0.29) is 21.7 Å². The molecule has 8 heteroatoms. The lowest BCUT2D eigenvalue weighted by molar-refractivity contribution is 0.593. The normalized spacial score (nSPS) is 12.1. The lowest BCUT2D eigenvalue weighted by Crippen LogP contribution is -2.04. The fourth-order valence-electron chi connectivity index (χ4n) is 0.989. The molecule has 0 fully saturated rings. The van der Waals surface area contributed by atoms with Gasteiger partial charge in [0.05, 0.1) is 0 Å². The van der Waals surface area contributed by atoms with Gasteiger partial charge in [0.2, 0.25) is 15.0 Å². The third kappa shape index (κ3) is 1.29. The highest BCUT2D eigenvalue weighted by Gasteiger charge is 2.12. The predicted octanol–water partition coefficient (Wildman–Crippen LogP) is -0.950. The van der Waals surface area contributed by atoms with Crippen LogP contribution in [0.2, 0.25) is 0 Å². The number of rotatable bonds is 1. The molecule has 74 valence electrons. The average molecular weight is 214 g/mol. The molecular formula is C6H6N4O3S. The number of fused-ring (bicyclic) bond motifs is 1. The summed E-state index contributed by atoms with van der Waals surface area (Å²) in [5.74, 6) is 0. The van der Waals surface area contributed by atoms with Gasteiger partial charge in [-0.1, -0.05) is 0 Å². The minimum atomic E-state index is -3.44. The molecule has 0 spiro atoms. The molecule has 0 atom stereocenters. The Morgan fingerprint density at radius 2 is 2.07 bits per heavy atom. The van der Waals surface area contributed by atoms with Gasteiger partial charge in [-0.05, 0) is 0 Å². The van der Waals surface area contributed by atoms with Crippen molar-refractivity contribution in [1.29, 1.82) is 0 Å². The smallest absolute Gasteiger partial charge is 0.275 e. The molecule has 0 saturated heterocycles. The summed E-state index contributed by atoms with van der Waals surface area (Å²) in [6, 6.07) is 0. The average Bonchev–Trinajstić information content (AvgIpc) is 2.46. The van der Waals surface area contributed by atoms with Gasteiger partial charge in [0.1, 0.15) is 5.39 Å². The van der Waals surface area contributed by atoms with E-state index in [1.165, 1.54) is 6.20 Å². The molecule has 0 bridgehead atoms. The number of nitrogens with one attached hydrogen (secondary N) is 2. The minimum Gasteiger partial charge on any atom is -0.281 e. The molecule has 0 unspecified atom stereocenters. The molecule has 7 nitrogen and oxygen atoms in total. The summed E-state index contributed by atoms with van der Waals surface area (Å²) < 4.78 is 22.1. The van der Waals surface area contributed by atoms with Gasteiger partial charge in [-0.3, -0.25) is 15.0 Å². The number of nitrogens with zero attached hydrogens (tertiary/aromatic N) is 2. The lowest BCUT2D eigenvalue weighted by atomic mass is 10.4. The lowest BCUT2D eigenvalue weighted by Gasteiger charge is -1.93. The molecule has 2 N–H and O–H groups in total. The fourth-order valence-corrected chi connectivity index (χ4v) is 1.49. The van der Waals surface area contributed by atoms with Crippen LogP contribution in [0.15, 0.2) is 16.1 Å². The highest BCUT2D eigenvalue weighted by Crippen LogP contribution is 2.05. The van der Waals surface area contributed by atoms with Gasteiger partial charge >= 0.3 is 0 Å². The van der Waals surface area contributed by atoms with E-state index >= 15 is 0 Å². The molecule has 2 aromatic heterocycles. The number of hydrogen-bond acceptors (Lipinski definition) is 5. The molecule has 14 heavy (non-hydrogen) atoms. The van der Waals surface area contributed by atoms with Gasteiger partial charge in [0.25, 0.3) is 5.56 Å². The molecule has 2 rings (SSSR count). The van der Waals surface area contributed by atoms with Gasteiger partial charge in [0, 0.05) is 12.5 Å². The Bertz CT molecular complexity index is 638. The Kier molecular flexibility index (Phi) is 1.68. The van der Waals surface area contributed by atoms with Crippen molar-refractivity contribution in [2.24, 2.45) is 0 Å². The first-order valence-corrected chi connectivity index (χ1v) is 5.51. The number of hydrogen-bond donors (Lipinski definition) is 2. The van der Waals surface area contributed by atoms with E-state index in [0.717, 1.165) is 6.26 Å². The van der Waals surface area contributed by atoms with Crippen molar-refractivity contribution in [3.8, 4) is 0 Å². The van der Waals surface area contributed by atoms with Crippen LogP contribution in [-0.4, -0.2) is 34.8 Å². The van der Waals surface area contributed by atoms with Crippen LogP contribution in [-0.2, 0) is 9.84 Å². The van der Waals surface area contributed by atoms with E-state index in [4.69, 9.17) is 0 Å². The topological polar surface area (TPSA) is 109 Å². The largest absolute Gasteiger partial charge is 0.281 e. The maximum absolute atomic E-state index is 11.1. The van der Waals surface area contributed by atoms with Crippen molar-refractivity contribution in [3.05, 3.63) is 16.6 Å². The molecule has 0 aliphatic heterocycles. The van der Waals surface area contributed by atoms with Crippen molar-refractivity contribution in [2.75, 3.05) is 6.26 Å². The zero-order valence-electron chi connectivity index (χ0n) is 7.10. The van der Waals surface area contributed by atoms with Gasteiger partial charge in [0.15, 0.2) is 5.65 Å². The first-order valence-electron chi connectivity index (χ1n) is 3.62. The Hall–Kier alpha value is -1.70. The first-order chi connectivity index (χ1) is 6.48. The fraction of sp³-hybridized carbons (Fsp3) is 0.167. The third-order valence-electron chi connectivity index (χ3n) is 1.64. The summed E-state index contributed by atoms with van der Waals surface area (Å²) in [6.45, 7) is 0. The molecule has 0 aliphatic rings. The Morgan fingerprint density at radius 3 is 2.71 bits per heavy atom. The number of aromatic nitrogens is 4. The molecule has 0 aromatic carbocycles.